The molecule has 1 heterocycles. The van der Waals surface area contributed by atoms with Crippen molar-refractivity contribution < 1.29 is 13.2 Å². The fraction of sp³-hybridized carbons (Fsp3) is 0.909. The zero-order valence-corrected chi connectivity index (χ0v) is 10.5. The SMILES string of the molecule is CCCN(C(=O)C1CC1)C1CCS(=O)(=O)C1. The molecule has 2 fully saturated rings. The van der Waals surface area contributed by atoms with Crippen molar-refractivity contribution in [1.29, 1.82) is 0 Å². The molecule has 0 N–H and O–H groups in total. The van der Waals surface area contributed by atoms with Gasteiger partial charge in [-0.25, -0.2) is 8.42 Å². The highest BCUT2D eigenvalue weighted by atomic mass is 32.2. The summed E-state index contributed by atoms with van der Waals surface area (Å²) in [5.41, 5.74) is 0. The first-order chi connectivity index (χ1) is 7.53. The van der Waals surface area contributed by atoms with Gasteiger partial charge in [0.05, 0.1) is 11.5 Å². The summed E-state index contributed by atoms with van der Waals surface area (Å²) >= 11 is 0. The van der Waals surface area contributed by atoms with Crippen LogP contribution in [0.5, 0.6) is 0 Å². The molecule has 0 aromatic carbocycles. The van der Waals surface area contributed by atoms with Gasteiger partial charge in [-0.2, -0.15) is 0 Å². The second-order valence-electron chi connectivity index (χ2n) is 4.86. The molecule has 1 aliphatic heterocycles. The van der Waals surface area contributed by atoms with Gasteiger partial charge in [-0.15, -0.1) is 0 Å². The van der Waals surface area contributed by atoms with Crippen molar-refractivity contribution >= 4 is 15.7 Å². The average Bonchev–Trinajstić information content (AvgIpc) is 2.99. The highest BCUT2D eigenvalue weighted by Crippen LogP contribution is 2.33. The van der Waals surface area contributed by atoms with E-state index in [1.807, 2.05) is 11.8 Å². The van der Waals surface area contributed by atoms with Gasteiger partial charge in [-0.05, 0) is 25.7 Å². The number of hydrogen-bond acceptors (Lipinski definition) is 3. The van der Waals surface area contributed by atoms with Crippen LogP contribution in [-0.4, -0.2) is 43.3 Å². The molecule has 92 valence electrons. The monoisotopic (exact) mass is 245 g/mol. The number of amides is 1. The number of sulfone groups is 1. The third-order valence-electron chi connectivity index (χ3n) is 3.32. The lowest BCUT2D eigenvalue weighted by Crippen LogP contribution is -2.42. The summed E-state index contributed by atoms with van der Waals surface area (Å²) < 4.78 is 22.8. The summed E-state index contributed by atoms with van der Waals surface area (Å²) in [6, 6.07) is -0.0574. The molecule has 2 rings (SSSR count). The van der Waals surface area contributed by atoms with Crippen molar-refractivity contribution in [3.05, 3.63) is 0 Å². The predicted octanol–water partition coefficient (Wildman–Crippen LogP) is 0.822. The lowest BCUT2D eigenvalue weighted by Gasteiger charge is -2.28. The smallest absolute Gasteiger partial charge is 0.225 e. The second-order valence-corrected chi connectivity index (χ2v) is 7.09. The van der Waals surface area contributed by atoms with Gasteiger partial charge in [0.1, 0.15) is 0 Å². The molecule has 5 heteroatoms. The van der Waals surface area contributed by atoms with E-state index in [1.165, 1.54) is 0 Å². The van der Waals surface area contributed by atoms with E-state index in [0.29, 0.717) is 13.0 Å². The number of hydrogen-bond donors (Lipinski definition) is 0. The van der Waals surface area contributed by atoms with Crippen molar-refractivity contribution in [2.45, 2.75) is 38.6 Å². The van der Waals surface area contributed by atoms with Gasteiger partial charge in [-0.3, -0.25) is 4.79 Å². The molecule has 0 aromatic heterocycles. The molecule has 1 amide bonds. The zero-order valence-electron chi connectivity index (χ0n) is 9.68. The first-order valence-corrected chi connectivity index (χ1v) is 7.86. The van der Waals surface area contributed by atoms with Crippen molar-refractivity contribution in [3.63, 3.8) is 0 Å². The number of nitrogens with zero attached hydrogens (tertiary/aromatic N) is 1. The molecule has 16 heavy (non-hydrogen) atoms. The molecule has 1 saturated carbocycles. The Morgan fingerprint density at radius 1 is 1.31 bits per heavy atom. The molecule has 1 unspecified atom stereocenters. The Kier molecular flexibility index (Phi) is 3.24. The summed E-state index contributed by atoms with van der Waals surface area (Å²) in [7, 11) is -2.89. The van der Waals surface area contributed by atoms with Crippen LogP contribution in [-0.2, 0) is 14.6 Å². The Balaban J connectivity index is 2.04. The Morgan fingerprint density at radius 3 is 2.44 bits per heavy atom. The van der Waals surface area contributed by atoms with Gasteiger partial charge in [0.2, 0.25) is 5.91 Å². The number of carbonyl (C=O) groups excluding carboxylic acids is 1. The van der Waals surface area contributed by atoms with E-state index in [2.05, 4.69) is 0 Å². The molecule has 0 spiro atoms. The van der Waals surface area contributed by atoms with Crippen molar-refractivity contribution in [2.75, 3.05) is 18.1 Å². The molecule has 0 bridgehead atoms. The standard InChI is InChI=1S/C11H19NO3S/c1-2-6-12(11(13)9-3-4-9)10-5-7-16(14,15)8-10/h9-10H,2-8H2,1H3. The van der Waals surface area contributed by atoms with E-state index < -0.39 is 9.84 Å². The van der Waals surface area contributed by atoms with Crippen molar-refractivity contribution in [2.24, 2.45) is 5.92 Å². The quantitative estimate of drug-likeness (QED) is 0.737. The summed E-state index contributed by atoms with van der Waals surface area (Å²) in [5, 5.41) is 0. The van der Waals surface area contributed by atoms with E-state index in [0.717, 1.165) is 19.3 Å². The van der Waals surface area contributed by atoms with Crippen LogP contribution in [0.25, 0.3) is 0 Å². The van der Waals surface area contributed by atoms with Crippen LogP contribution in [0.2, 0.25) is 0 Å². The first-order valence-electron chi connectivity index (χ1n) is 6.04. The van der Waals surface area contributed by atoms with Crippen LogP contribution in [0.1, 0.15) is 32.6 Å². The molecule has 4 nitrogen and oxygen atoms in total. The fourth-order valence-electron chi connectivity index (χ4n) is 2.30. The Morgan fingerprint density at radius 2 is 2.00 bits per heavy atom. The molecule has 2 aliphatic rings. The summed E-state index contributed by atoms with van der Waals surface area (Å²) in [5.74, 6) is 0.792. The van der Waals surface area contributed by atoms with Crippen LogP contribution < -0.4 is 0 Å². The molecule has 1 atom stereocenters. The third kappa shape index (κ3) is 2.56. The van der Waals surface area contributed by atoms with Gasteiger partial charge in [0, 0.05) is 18.5 Å². The predicted molar refractivity (Wildman–Crippen MR) is 61.8 cm³/mol. The lowest BCUT2D eigenvalue weighted by atomic mass is 10.2. The van der Waals surface area contributed by atoms with E-state index >= 15 is 0 Å². The highest BCUT2D eigenvalue weighted by molar-refractivity contribution is 7.91. The zero-order chi connectivity index (χ0) is 11.8. The van der Waals surface area contributed by atoms with Gasteiger partial charge < -0.3 is 4.90 Å². The summed E-state index contributed by atoms with van der Waals surface area (Å²) in [4.78, 5) is 13.8. The van der Waals surface area contributed by atoms with Gasteiger partial charge in [0.25, 0.3) is 0 Å². The molecular weight excluding hydrogens is 226 g/mol. The average molecular weight is 245 g/mol. The van der Waals surface area contributed by atoms with Crippen LogP contribution in [0.3, 0.4) is 0 Å². The molecule has 1 aliphatic carbocycles. The molecular formula is C11H19NO3S. The van der Waals surface area contributed by atoms with Gasteiger partial charge >= 0.3 is 0 Å². The van der Waals surface area contributed by atoms with Crippen LogP contribution in [0, 0.1) is 5.92 Å². The largest absolute Gasteiger partial charge is 0.338 e. The van der Waals surface area contributed by atoms with E-state index in [1.54, 1.807) is 0 Å². The van der Waals surface area contributed by atoms with E-state index in [9.17, 15) is 13.2 Å². The Bertz CT molecular complexity index is 373. The fourth-order valence-corrected chi connectivity index (χ4v) is 4.03. The van der Waals surface area contributed by atoms with Crippen LogP contribution in [0.15, 0.2) is 0 Å². The lowest BCUT2D eigenvalue weighted by molar-refractivity contribution is -0.134. The van der Waals surface area contributed by atoms with Gasteiger partial charge in [0.15, 0.2) is 9.84 Å². The van der Waals surface area contributed by atoms with Crippen molar-refractivity contribution in [3.8, 4) is 0 Å². The first kappa shape index (κ1) is 11.9. The second kappa shape index (κ2) is 4.35. The minimum Gasteiger partial charge on any atom is -0.338 e. The summed E-state index contributed by atoms with van der Waals surface area (Å²) in [6.45, 7) is 2.73. The minimum absolute atomic E-state index is 0.0574. The number of carbonyl (C=O) groups is 1. The number of rotatable bonds is 4. The molecule has 0 aromatic rings. The van der Waals surface area contributed by atoms with Gasteiger partial charge in [-0.1, -0.05) is 6.92 Å². The maximum absolute atomic E-state index is 12.0. The molecule has 1 saturated heterocycles. The summed E-state index contributed by atoms with van der Waals surface area (Å²) in [6.07, 6.45) is 3.49. The van der Waals surface area contributed by atoms with Crippen LogP contribution in [0.4, 0.5) is 0 Å². The molecule has 0 radical (unpaired) electrons. The highest BCUT2D eigenvalue weighted by Gasteiger charge is 2.39. The maximum Gasteiger partial charge on any atom is 0.225 e. The normalized spacial score (nSPS) is 27.9. The Hall–Kier alpha value is -0.580. The maximum atomic E-state index is 12.0. The topological polar surface area (TPSA) is 54.5 Å². The van der Waals surface area contributed by atoms with E-state index in [-0.39, 0.29) is 29.4 Å². The minimum atomic E-state index is -2.89. The third-order valence-corrected chi connectivity index (χ3v) is 5.07. The Labute approximate surface area is 96.9 Å². The van der Waals surface area contributed by atoms with Crippen molar-refractivity contribution in [1.82, 2.24) is 4.90 Å². The van der Waals surface area contributed by atoms with Crippen LogP contribution >= 0.6 is 0 Å². The van der Waals surface area contributed by atoms with E-state index in [4.69, 9.17) is 0 Å².